The van der Waals surface area contributed by atoms with Gasteiger partial charge in [0.25, 0.3) is 0 Å². The van der Waals surface area contributed by atoms with Gasteiger partial charge in [0, 0.05) is 31.1 Å². The van der Waals surface area contributed by atoms with Crippen LogP contribution in [0.25, 0.3) is 0 Å². The third-order valence-corrected chi connectivity index (χ3v) is 13.2. The Hall–Kier alpha value is -7.64. The molecule has 332 valence electrons. The molecule has 0 bridgehead atoms. The molecule has 20 heteroatoms. The van der Waals surface area contributed by atoms with E-state index in [0.29, 0.717) is 33.6 Å². The fourth-order valence-corrected chi connectivity index (χ4v) is 11.1. The largest absolute Gasteiger partial charge is 0.461 e. The lowest BCUT2D eigenvalue weighted by Gasteiger charge is -2.34. The number of benzene rings is 4. The standard InChI is InChI=1S/2C22H21N3O7/c2*1-2-32-20(27)22(25(30)31)15(13-24(28)29)12-21(18(22)14-8-4-3-5-9-14)16-10-6-7-11-17(16)23-19(21)26/h2*3-11,15,18H,2,12-13H2,1H3,(H,23,26)/t2*15-,18+,21+,22+/m10/s1. The van der Waals surface area contributed by atoms with Gasteiger partial charge in [-0.2, -0.15) is 0 Å². The molecule has 2 fully saturated rings. The average molecular weight is 879 g/mol. The number of carbonyl (C=O) groups is 4. The lowest BCUT2D eigenvalue weighted by atomic mass is 9.66. The molecule has 0 unspecified atom stereocenters. The Labute approximate surface area is 363 Å². The van der Waals surface area contributed by atoms with Gasteiger partial charge in [0.2, 0.25) is 24.9 Å². The smallest absolute Gasteiger partial charge is 0.386 e. The highest BCUT2D eigenvalue weighted by molar-refractivity contribution is 6.09. The number of nitrogens with one attached hydrogen (secondary N) is 2. The molecule has 4 aromatic rings. The van der Waals surface area contributed by atoms with Crippen LogP contribution in [-0.4, -0.2) is 80.8 Å². The number of ether oxygens (including phenoxy) is 2. The summed E-state index contributed by atoms with van der Waals surface area (Å²) in [5, 5.41) is 54.1. The molecular weight excluding hydrogens is 837 g/mol. The maximum atomic E-state index is 13.5. The van der Waals surface area contributed by atoms with Gasteiger partial charge < -0.3 is 20.1 Å². The van der Waals surface area contributed by atoms with Gasteiger partial charge in [-0.3, -0.25) is 50.0 Å². The number of hydrogen-bond donors (Lipinski definition) is 2. The maximum Gasteiger partial charge on any atom is 0.386 e. The molecule has 8 atom stereocenters. The normalized spacial score (nSPS) is 28.2. The maximum absolute atomic E-state index is 13.5. The fraction of sp³-hybridized carbons (Fsp3) is 0.364. The quantitative estimate of drug-likeness (QED) is 0.107. The van der Waals surface area contributed by atoms with E-state index in [1.54, 1.807) is 109 Å². The number of rotatable bonds is 12. The minimum absolute atomic E-state index is 0.142. The fourth-order valence-electron chi connectivity index (χ4n) is 11.1. The van der Waals surface area contributed by atoms with E-state index in [9.17, 15) is 59.6 Å². The zero-order valence-corrected chi connectivity index (χ0v) is 34.4. The second-order valence-electron chi connectivity index (χ2n) is 16.1. The van der Waals surface area contributed by atoms with Crippen LogP contribution in [0, 0.1) is 52.3 Å². The summed E-state index contributed by atoms with van der Waals surface area (Å²) in [4.78, 5) is 99.3. The molecule has 0 radical (unpaired) electrons. The molecule has 2 spiro atoms. The van der Waals surface area contributed by atoms with Crippen molar-refractivity contribution in [3.63, 3.8) is 0 Å². The Balaban J connectivity index is 0.000000191. The lowest BCUT2D eigenvalue weighted by molar-refractivity contribution is -0.582. The van der Waals surface area contributed by atoms with Crippen molar-refractivity contribution in [3.8, 4) is 0 Å². The number of fused-ring (bicyclic) bond motifs is 4. The van der Waals surface area contributed by atoms with E-state index in [2.05, 4.69) is 10.6 Å². The van der Waals surface area contributed by atoms with Crippen LogP contribution in [0.1, 0.15) is 60.8 Å². The molecule has 20 nitrogen and oxygen atoms in total. The summed E-state index contributed by atoms with van der Waals surface area (Å²) in [5.41, 5.74) is -5.46. The molecule has 2 heterocycles. The van der Waals surface area contributed by atoms with Crippen LogP contribution >= 0.6 is 0 Å². The Morgan fingerprint density at radius 2 is 0.891 bits per heavy atom. The number of amides is 2. The van der Waals surface area contributed by atoms with Gasteiger partial charge in [0.1, 0.15) is 11.8 Å². The predicted molar refractivity (Wildman–Crippen MR) is 225 cm³/mol. The number of anilines is 2. The summed E-state index contributed by atoms with van der Waals surface area (Å²) in [6.07, 6.45) is -0.480. The van der Waals surface area contributed by atoms with Gasteiger partial charge in [-0.15, -0.1) is 0 Å². The molecule has 64 heavy (non-hydrogen) atoms. The van der Waals surface area contributed by atoms with Gasteiger partial charge in [-0.25, -0.2) is 9.59 Å². The first kappa shape index (κ1) is 44.4. The second kappa shape index (κ2) is 16.9. The van der Waals surface area contributed by atoms with Crippen LogP contribution in [0.2, 0.25) is 0 Å². The van der Waals surface area contributed by atoms with Gasteiger partial charge in [-0.1, -0.05) is 97.1 Å². The molecular formula is C44H42N6O14. The summed E-state index contributed by atoms with van der Waals surface area (Å²) in [6.45, 7) is 1.04. The van der Waals surface area contributed by atoms with Crippen molar-refractivity contribution in [1.29, 1.82) is 0 Å². The van der Waals surface area contributed by atoms with E-state index in [1.807, 2.05) is 0 Å². The highest BCUT2D eigenvalue weighted by Crippen LogP contribution is 2.65. The van der Waals surface area contributed by atoms with Crippen LogP contribution in [0.15, 0.2) is 109 Å². The van der Waals surface area contributed by atoms with Crippen molar-refractivity contribution >= 4 is 35.1 Å². The van der Waals surface area contributed by atoms with E-state index in [1.165, 1.54) is 13.8 Å². The third-order valence-electron chi connectivity index (χ3n) is 13.2. The zero-order valence-electron chi connectivity index (χ0n) is 34.4. The Morgan fingerprint density at radius 3 is 1.20 bits per heavy atom. The first-order chi connectivity index (χ1) is 30.6. The van der Waals surface area contributed by atoms with E-state index < -0.39 is 102 Å². The highest BCUT2D eigenvalue weighted by atomic mass is 16.7. The van der Waals surface area contributed by atoms with E-state index >= 15 is 0 Å². The molecule has 4 aromatic carbocycles. The van der Waals surface area contributed by atoms with Crippen LogP contribution in [0.5, 0.6) is 0 Å². The molecule has 2 aliphatic carbocycles. The number of hydrogen-bond acceptors (Lipinski definition) is 14. The van der Waals surface area contributed by atoms with Gasteiger partial charge in [0.05, 0.1) is 35.9 Å². The van der Waals surface area contributed by atoms with E-state index in [4.69, 9.17) is 9.47 Å². The van der Waals surface area contributed by atoms with Crippen molar-refractivity contribution in [2.75, 3.05) is 36.9 Å². The molecule has 2 aliphatic heterocycles. The zero-order chi connectivity index (χ0) is 46.2. The van der Waals surface area contributed by atoms with Crippen molar-refractivity contribution in [3.05, 3.63) is 172 Å². The number of nitro groups is 4. The summed E-state index contributed by atoms with van der Waals surface area (Å²) in [5.74, 6) is -8.72. The van der Waals surface area contributed by atoms with Crippen LogP contribution in [0.4, 0.5) is 11.4 Å². The number of esters is 2. The minimum Gasteiger partial charge on any atom is -0.461 e. The molecule has 4 aliphatic rings. The molecule has 8 rings (SSSR count). The minimum atomic E-state index is -2.51. The average Bonchev–Trinajstić information content (AvgIpc) is 3.93. The highest BCUT2D eigenvalue weighted by Gasteiger charge is 2.81. The van der Waals surface area contributed by atoms with Gasteiger partial charge in [-0.05, 0) is 61.1 Å². The van der Waals surface area contributed by atoms with Crippen molar-refractivity contribution < 1.29 is 48.3 Å². The third kappa shape index (κ3) is 6.50. The number of para-hydroxylation sites is 2. The summed E-state index contributed by atoms with van der Waals surface area (Å²) < 4.78 is 10.3. The monoisotopic (exact) mass is 878 g/mol. The molecule has 0 aromatic heterocycles. The topological polar surface area (TPSA) is 283 Å². The van der Waals surface area contributed by atoms with E-state index in [0.717, 1.165) is 0 Å². The summed E-state index contributed by atoms with van der Waals surface area (Å²) in [6, 6.07) is 29.9. The first-order valence-corrected chi connectivity index (χ1v) is 20.4. The number of carbonyl (C=O) groups excluding carboxylic acids is 4. The van der Waals surface area contributed by atoms with Crippen molar-refractivity contribution in [1.82, 2.24) is 0 Å². The van der Waals surface area contributed by atoms with Crippen LogP contribution < -0.4 is 10.6 Å². The lowest BCUT2D eigenvalue weighted by Crippen LogP contribution is -2.58. The van der Waals surface area contributed by atoms with Gasteiger partial charge >= 0.3 is 23.0 Å². The summed E-state index contributed by atoms with van der Waals surface area (Å²) >= 11 is 0. The number of nitrogens with zero attached hydrogens (tertiary/aromatic N) is 4. The molecule has 0 saturated heterocycles. The molecule has 2 N–H and O–H groups in total. The SMILES string of the molecule is CCOC(=O)[C@@]1([N+](=O)[O-])[C@H](C[N+](=O)[O-])C[C@]2(C(=O)Nc3ccccc32)[C@H]1c1ccccc1.CCOC(=O)[C@]1([N+](=O)[O-])[C@@H](C[N+](=O)[O-])C[C@@]2(C(=O)Nc3ccccc32)[C@@H]1c1ccccc1. The van der Waals surface area contributed by atoms with Gasteiger partial charge in [0.15, 0.2) is 0 Å². The molecule has 2 saturated carbocycles. The Bertz CT molecular complexity index is 2390. The predicted octanol–water partition coefficient (Wildman–Crippen LogP) is 5.07. The second-order valence-corrected chi connectivity index (χ2v) is 16.1. The first-order valence-electron chi connectivity index (χ1n) is 20.4. The van der Waals surface area contributed by atoms with Crippen molar-refractivity contribution in [2.45, 2.75) is 60.4 Å². The summed E-state index contributed by atoms with van der Waals surface area (Å²) in [7, 11) is 0. The Kier molecular flexibility index (Phi) is 11.7. The van der Waals surface area contributed by atoms with Crippen LogP contribution in [0.3, 0.4) is 0 Å². The van der Waals surface area contributed by atoms with Crippen molar-refractivity contribution in [2.24, 2.45) is 11.8 Å². The molecule has 2 amide bonds. The Morgan fingerprint density at radius 1 is 0.562 bits per heavy atom. The van der Waals surface area contributed by atoms with E-state index in [-0.39, 0.29) is 26.1 Å². The van der Waals surface area contributed by atoms with Crippen LogP contribution in [-0.2, 0) is 39.5 Å².